The van der Waals surface area contributed by atoms with Gasteiger partial charge in [0.25, 0.3) is 0 Å². The molecule has 1 aromatic carbocycles. The van der Waals surface area contributed by atoms with E-state index in [4.69, 9.17) is 15.2 Å². The van der Waals surface area contributed by atoms with Crippen LogP contribution in [0.25, 0.3) is 0 Å². The van der Waals surface area contributed by atoms with Crippen LogP contribution in [-0.2, 0) is 16.0 Å². The molecule has 166 valence electrons. The van der Waals surface area contributed by atoms with Crippen LogP contribution < -0.4 is 25.8 Å². The lowest BCUT2D eigenvalue weighted by atomic mass is 9.99. The number of ether oxygens (including phenoxy) is 2. The highest BCUT2D eigenvalue weighted by molar-refractivity contribution is 5.98. The molecule has 1 saturated carbocycles. The largest absolute Gasteiger partial charge is 0.493 e. The molecule has 0 aliphatic heterocycles. The molecule has 0 radical (unpaired) electrons. The minimum absolute atomic E-state index is 0.0460. The van der Waals surface area contributed by atoms with E-state index < -0.39 is 6.04 Å². The first-order valence-corrected chi connectivity index (χ1v) is 10.5. The van der Waals surface area contributed by atoms with Gasteiger partial charge in [0.05, 0.1) is 20.6 Å². The Bertz CT molecular complexity index is 762. The van der Waals surface area contributed by atoms with Crippen molar-refractivity contribution in [2.24, 2.45) is 22.6 Å². The lowest BCUT2D eigenvalue weighted by molar-refractivity contribution is -0.123. The zero-order valence-corrected chi connectivity index (χ0v) is 18.4. The van der Waals surface area contributed by atoms with E-state index in [1.54, 1.807) is 25.3 Å². The standard InChI is InChI=1S/C22H34N4O4/c1-5-14(2)10-17(21(28)24-13-15-6-7-15)25-22(23)26-20(27)12-16-8-9-18(29-3)19(11-16)30-4/h8-9,11,14-15,17H,5-7,10,12-13H2,1-4H3,(H,24,28)(H3,23,25,26,27)/t14?,17-/m1/s1. The number of amides is 2. The molecule has 0 heterocycles. The molecule has 1 aliphatic rings. The van der Waals surface area contributed by atoms with Crippen LogP contribution in [0.4, 0.5) is 0 Å². The van der Waals surface area contributed by atoms with Crippen molar-refractivity contribution < 1.29 is 19.1 Å². The fourth-order valence-electron chi connectivity index (χ4n) is 3.01. The van der Waals surface area contributed by atoms with E-state index in [9.17, 15) is 9.59 Å². The first-order valence-electron chi connectivity index (χ1n) is 10.5. The van der Waals surface area contributed by atoms with Crippen LogP contribution in [0.5, 0.6) is 11.5 Å². The van der Waals surface area contributed by atoms with E-state index >= 15 is 0 Å². The second-order valence-corrected chi connectivity index (χ2v) is 7.88. The Kier molecular flexibility index (Phi) is 8.95. The van der Waals surface area contributed by atoms with Gasteiger partial charge in [-0.3, -0.25) is 14.9 Å². The molecule has 0 aromatic heterocycles. The van der Waals surface area contributed by atoms with Crippen molar-refractivity contribution >= 4 is 17.8 Å². The Hall–Kier alpha value is -2.77. The number of rotatable bonds is 11. The molecule has 8 heteroatoms. The molecule has 0 bridgehead atoms. The maximum atomic E-state index is 12.6. The number of carbonyl (C=O) groups is 2. The van der Waals surface area contributed by atoms with Crippen molar-refractivity contribution in [1.29, 1.82) is 0 Å². The number of carbonyl (C=O) groups excluding carboxylic acids is 2. The molecule has 4 N–H and O–H groups in total. The Morgan fingerprint density at radius 2 is 1.93 bits per heavy atom. The number of hydrogen-bond acceptors (Lipinski definition) is 5. The van der Waals surface area contributed by atoms with E-state index in [0.717, 1.165) is 24.8 Å². The second kappa shape index (κ2) is 11.4. The Balaban J connectivity index is 1.98. The third-order valence-electron chi connectivity index (χ3n) is 5.26. The first-order chi connectivity index (χ1) is 14.4. The van der Waals surface area contributed by atoms with Crippen LogP contribution in [0.1, 0.15) is 45.1 Å². The summed E-state index contributed by atoms with van der Waals surface area (Å²) in [6.45, 7) is 4.82. The van der Waals surface area contributed by atoms with Crippen LogP contribution in [-0.4, -0.2) is 44.6 Å². The number of benzene rings is 1. The summed E-state index contributed by atoms with van der Waals surface area (Å²) < 4.78 is 10.5. The molecule has 8 nitrogen and oxygen atoms in total. The van der Waals surface area contributed by atoms with Crippen LogP contribution in [0.3, 0.4) is 0 Å². The Labute approximate surface area is 178 Å². The zero-order valence-electron chi connectivity index (χ0n) is 18.4. The number of nitrogens with one attached hydrogen (secondary N) is 2. The van der Waals surface area contributed by atoms with Crippen molar-refractivity contribution in [3.63, 3.8) is 0 Å². The summed E-state index contributed by atoms with van der Waals surface area (Å²) in [5.41, 5.74) is 6.69. The second-order valence-electron chi connectivity index (χ2n) is 7.88. The van der Waals surface area contributed by atoms with Gasteiger partial charge < -0.3 is 20.5 Å². The normalized spacial score (nSPS) is 15.8. The number of methoxy groups -OCH3 is 2. The fourth-order valence-corrected chi connectivity index (χ4v) is 3.01. The first kappa shape index (κ1) is 23.5. The predicted octanol–water partition coefficient (Wildman–Crippen LogP) is 2.01. The van der Waals surface area contributed by atoms with E-state index in [-0.39, 0.29) is 24.2 Å². The summed E-state index contributed by atoms with van der Waals surface area (Å²) in [5.74, 6) is 1.54. The smallest absolute Gasteiger partial charge is 0.244 e. The highest BCUT2D eigenvalue weighted by Gasteiger charge is 2.25. The van der Waals surface area contributed by atoms with Crippen LogP contribution in [0.15, 0.2) is 23.2 Å². The number of guanidine groups is 1. The highest BCUT2D eigenvalue weighted by Crippen LogP contribution is 2.28. The third-order valence-corrected chi connectivity index (χ3v) is 5.26. The van der Waals surface area contributed by atoms with Crippen molar-refractivity contribution in [3.8, 4) is 11.5 Å². The van der Waals surface area contributed by atoms with Crippen LogP contribution in [0, 0.1) is 11.8 Å². The summed E-state index contributed by atoms with van der Waals surface area (Å²) in [4.78, 5) is 29.3. The lowest BCUT2D eigenvalue weighted by Gasteiger charge is -2.17. The SMILES string of the molecule is CCC(C)C[C@@H](N=C(N)NC(=O)Cc1ccc(OC)c(OC)c1)C(=O)NCC1CC1. The maximum absolute atomic E-state index is 12.6. The van der Waals surface area contributed by atoms with Gasteiger partial charge in [-0.1, -0.05) is 26.3 Å². The molecule has 1 aromatic rings. The fraction of sp³-hybridized carbons (Fsp3) is 0.591. The highest BCUT2D eigenvalue weighted by atomic mass is 16.5. The molecule has 1 fully saturated rings. The van der Waals surface area contributed by atoms with Crippen LogP contribution in [0.2, 0.25) is 0 Å². The summed E-state index contributed by atoms with van der Waals surface area (Å²) in [5, 5.41) is 5.54. The van der Waals surface area contributed by atoms with Gasteiger partial charge in [0, 0.05) is 6.54 Å². The van der Waals surface area contributed by atoms with Crippen molar-refractivity contribution in [3.05, 3.63) is 23.8 Å². The average molecular weight is 419 g/mol. The number of aliphatic imine (C=N–C) groups is 1. The van der Waals surface area contributed by atoms with Crippen LogP contribution >= 0.6 is 0 Å². The monoisotopic (exact) mass is 418 g/mol. The quantitative estimate of drug-likeness (QED) is 0.376. The molecule has 2 rings (SSSR count). The van der Waals surface area contributed by atoms with Gasteiger partial charge in [0.1, 0.15) is 6.04 Å². The topological polar surface area (TPSA) is 115 Å². The Morgan fingerprint density at radius 3 is 2.53 bits per heavy atom. The van der Waals surface area contributed by atoms with E-state index in [1.807, 2.05) is 0 Å². The van der Waals surface area contributed by atoms with Gasteiger partial charge in [-0.05, 0) is 48.8 Å². The van der Waals surface area contributed by atoms with Gasteiger partial charge in [-0.25, -0.2) is 4.99 Å². The molecule has 0 spiro atoms. The van der Waals surface area contributed by atoms with Crippen molar-refractivity contribution in [1.82, 2.24) is 10.6 Å². The van der Waals surface area contributed by atoms with E-state index in [0.29, 0.717) is 36.3 Å². The third kappa shape index (κ3) is 7.57. The van der Waals surface area contributed by atoms with Gasteiger partial charge in [0.2, 0.25) is 11.8 Å². The van der Waals surface area contributed by atoms with Gasteiger partial charge in [0.15, 0.2) is 17.5 Å². The summed E-state index contributed by atoms with van der Waals surface area (Å²) in [6, 6.07) is 4.65. The molecular weight excluding hydrogens is 384 g/mol. The number of hydrogen-bond donors (Lipinski definition) is 3. The summed E-state index contributed by atoms with van der Waals surface area (Å²) in [6.07, 6.45) is 3.94. The summed E-state index contributed by atoms with van der Waals surface area (Å²) in [7, 11) is 3.09. The Morgan fingerprint density at radius 1 is 1.23 bits per heavy atom. The lowest BCUT2D eigenvalue weighted by Crippen LogP contribution is -2.42. The van der Waals surface area contributed by atoms with E-state index in [1.165, 1.54) is 7.11 Å². The maximum Gasteiger partial charge on any atom is 0.244 e. The minimum atomic E-state index is -0.611. The number of nitrogens with two attached hydrogens (primary N) is 1. The molecule has 1 aliphatic carbocycles. The van der Waals surface area contributed by atoms with Crippen molar-refractivity contribution in [2.45, 2.75) is 52.0 Å². The average Bonchev–Trinajstić information content (AvgIpc) is 3.55. The van der Waals surface area contributed by atoms with Gasteiger partial charge in [-0.15, -0.1) is 0 Å². The molecule has 0 saturated heterocycles. The molecule has 2 amide bonds. The van der Waals surface area contributed by atoms with Gasteiger partial charge in [-0.2, -0.15) is 0 Å². The molecule has 2 atom stereocenters. The van der Waals surface area contributed by atoms with Crippen molar-refractivity contribution in [2.75, 3.05) is 20.8 Å². The van der Waals surface area contributed by atoms with E-state index in [2.05, 4.69) is 29.5 Å². The molecule has 1 unspecified atom stereocenters. The van der Waals surface area contributed by atoms with Gasteiger partial charge >= 0.3 is 0 Å². The predicted molar refractivity (Wildman–Crippen MR) is 117 cm³/mol. The molecule has 30 heavy (non-hydrogen) atoms. The number of nitrogens with zero attached hydrogens (tertiary/aromatic N) is 1. The zero-order chi connectivity index (χ0) is 22.1. The molecular formula is C22H34N4O4. The minimum Gasteiger partial charge on any atom is -0.493 e. The summed E-state index contributed by atoms with van der Waals surface area (Å²) >= 11 is 0.